The van der Waals surface area contributed by atoms with Crippen molar-refractivity contribution in [1.82, 2.24) is 0 Å². The Morgan fingerprint density at radius 1 is 0.407 bits per heavy atom. The molecule has 2 aromatic rings. The van der Waals surface area contributed by atoms with E-state index in [0.29, 0.717) is 0 Å². The minimum atomic E-state index is -2.47. The van der Waals surface area contributed by atoms with Crippen LogP contribution in [0.5, 0.6) is 11.5 Å². The summed E-state index contributed by atoms with van der Waals surface area (Å²) in [6.45, 7) is 0. The zero-order valence-electron chi connectivity index (χ0n) is 12.2. The largest absolute Gasteiger partial charge is 0.452 e. The first-order chi connectivity index (χ1) is 12.6. The molecule has 146 valence electrons. The number of benzene rings is 2. The molecular weight excluding hydrogens is 406 g/mol. The molecule has 0 radical (unpaired) electrons. The third kappa shape index (κ3) is 3.01. The number of hydrogen-bond acceptors (Lipinski definition) is 3. The topological polar surface area (TPSA) is 31.0 Å². The summed E-state index contributed by atoms with van der Waals surface area (Å²) in [5, 5.41) is 0. The van der Waals surface area contributed by atoms with Crippen LogP contribution in [0.1, 0.15) is 0 Å². The smallest absolute Gasteiger partial charge is 0.266 e. The van der Waals surface area contributed by atoms with Crippen molar-refractivity contribution in [3.8, 4) is 11.5 Å². The second-order valence-electron chi connectivity index (χ2n) is 4.91. The summed E-state index contributed by atoms with van der Waals surface area (Å²) in [6, 6.07) is 0. The highest BCUT2D eigenvalue weighted by atomic mass is 19.2. The van der Waals surface area contributed by atoms with Gasteiger partial charge in [0.1, 0.15) is 0 Å². The standard InChI is InChI=1S/C14H2F10O3/c15-1-3(17)7(21)11(8(22)4(1)18)25-13-14(27-13)26-12-9(23)5(19)2(16)6(20)10(12)24/h13-14H. The van der Waals surface area contributed by atoms with Crippen LogP contribution in [0.15, 0.2) is 0 Å². The Balaban J connectivity index is 1.82. The van der Waals surface area contributed by atoms with E-state index in [1.807, 2.05) is 0 Å². The molecular formula is C14H2F10O3. The van der Waals surface area contributed by atoms with Crippen molar-refractivity contribution >= 4 is 0 Å². The van der Waals surface area contributed by atoms with Crippen molar-refractivity contribution in [3.63, 3.8) is 0 Å². The lowest BCUT2D eigenvalue weighted by Gasteiger charge is -2.09. The van der Waals surface area contributed by atoms with Crippen molar-refractivity contribution in [2.24, 2.45) is 0 Å². The molecule has 0 amide bonds. The molecule has 13 heteroatoms. The van der Waals surface area contributed by atoms with Gasteiger partial charge in [-0.05, 0) is 0 Å². The molecule has 0 aromatic heterocycles. The van der Waals surface area contributed by atoms with E-state index >= 15 is 0 Å². The first-order valence-electron chi connectivity index (χ1n) is 6.57. The minimum Gasteiger partial charge on any atom is -0.452 e. The third-order valence-corrected chi connectivity index (χ3v) is 3.22. The molecule has 1 aliphatic rings. The average molecular weight is 408 g/mol. The van der Waals surface area contributed by atoms with Gasteiger partial charge in [-0.1, -0.05) is 0 Å². The summed E-state index contributed by atoms with van der Waals surface area (Å²) >= 11 is 0. The summed E-state index contributed by atoms with van der Waals surface area (Å²) < 4.78 is 145. The Labute approximate surface area is 141 Å². The second-order valence-corrected chi connectivity index (χ2v) is 4.91. The Bertz CT molecular complexity index is 814. The van der Waals surface area contributed by atoms with Gasteiger partial charge in [-0.25, -0.2) is 26.3 Å². The molecule has 2 atom stereocenters. The molecule has 1 aliphatic heterocycles. The fraction of sp³-hybridized carbons (Fsp3) is 0.143. The van der Waals surface area contributed by atoms with E-state index in [4.69, 9.17) is 0 Å². The monoisotopic (exact) mass is 408 g/mol. The molecule has 1 fully saturated rings. The number of ether oxygens (including phenoxy) is 3. The molecule has 0 spiro atoms. The number of epoxide rings is 1. The fourth-order valence-electron chi connectivity index (χ4n) is 1.86. The van der Waals surface area contributed by atoms with Crippen LogP contribution in [-0.4, -0.2) is 12.6 Å². The predicted molar refractivity (Wildman–Crippen MR) is 62.4 cm³/mol. The highest BCUT2D eigenvalue weighted by Crippen LogP contribution is 2.37. The Hall–Kier alpha value is -2.70. The highest BCUT2D eigenvalue weighted by Gasteiger charge is 2.47. The van der Waals surface area contributed by atoms with Crippen molar-refractivity contribution in [3.05, 3.63) is 58.2 Å². The van der Waals surface area contributed by atoms with Crippen molar-refractivity contribution < 1.29 is 58.1 Å². The Morgan fingerprint density at radius 2 is 0.630 bits per heavy atom. The number of hydrogen-bond donors (Lipinski definition) is 0. The molecule has 0 saturated carbocycles. The Morgan fingerprint density at radius 3 is 0.889 bits per heavy atom. The summed E-state index contributed by atoms with van der Waals surface area (Å²) in [7, 11) is 0. The maximum atomic E-state index is 13.4. The molecule has 0 bridgehead atoms. The van der Waals surface area contributed by atoms with Crippen LogP contribution in [0.2, 0.25) is 0 Å². The van der Waals surface area contributed by atoms with Gasteiger partial charge in [-0.2, -0.15) is 17.6 Å². The van der Waals surface area contributed by atoms with Gasteiger partial charge in [0.15, 0.2) is 0 Å². The zero-order chi connectivity index (χ0) is 20.2. The highest BCUT2D eigenvalue weighted by molar-refractivity contribution is 5.31. The molecule has 0 N–H and O–H groups in total. The summed E-state index contributed by atoms with van der Waals surface area (Å²) in [4.78, 5) is 0. The quantitative estimate of drug-likeness (QED) is 0.329. The summed E-state index contributed by atoms with van der Waals surface area (Å²) in [6.07, 6.45) is -3.93. The lowest BCUT2D eigenvalue weighted by molar-refractivity contribution is 0.147. The third-order valence-electron chi connectivity index (χ3n) is 3.22. The number of rotatable bonds is 4. The molecule has 27 heavy (non-hydrogen) atoms. The van der Waals surface area contributed by atoms with E-state index in [-0.39, 0.29) is 0 Å². The second kappa shape index (κ2) is 6.48. The fourth-order valence-corrected chi connectivity index (χ4v) is 1.86. The van der Waals surface area contributed by atoms with E-state index in [1.165, 1.54) is 0 Å². The van der Waals surface area contributed by atoms with Gasteiger partial charge in [-0.15, -0.1) is 0 Å². The molecule has 2 aromatic carbocycles. The zero-order valence-corrected chi connectivity index (χ0v) is 12.2. The van der Waals surface area contributed by atoms with Crippen LogP contribution in [0.3, 0.4) is 0 Å². The van der Waals surface area contributed by atoms with Gasteiger partial charge in [-0.3, -0.25) is 4.74 Å². The molecule has 0 aliphatic carbocycles. The van der Waals surface area contributed by atoms with Crippen LogP contribution in [0.25, 0.3) is 0 Å². The van der Waals surface area contributed by atoms with Gasteiger partial charge >= 0.3 is 0 Å². The maximum Gasteiger partial charge on any atom is 0.266 e. The van der Waals surface area contributed by atoms with Crippen LogP contribution in [-0.2, 0) is 4.74 Å². The van der Waals surface area contributed by atoms with Crippen LogP contribution in [0.4, 0.5) is 43.9 Å². The van der Waals surface area contributed by atoms with Crippen LogP contribution >= 0.6 is 0 Å². The molecule has 1 saturated heterocycles. The van der Waals surface area contributed by atoms with E-state index in [0.717, 1.165) is 0 Å². The van der Waals surface area contributed by atoms with Crippen LogP contribution < -0.4 is 9.47 Å². The summed E-state index contributed by atoms with van der Waals surface area (Å²) in [5.74, 6) is -27.4. The maximum absolute atomic E-state index is 13.4. The molecule has 3 rings (SSSR count). The molecule has 3 nitrogen and oxygen atoms in total. The van der Waals surface area contributed by atoms with E-state index in [2.05, 4.69) is 14.2 Å². The van der Waals surface area contributed by atoms with E-state index < -0.39 is 82.3 Å². The van der Waals surface area contributed by atoms with Gasteiger partial charge < -0.3 is 9.47 Å². The lowest BCUT2D eigenvalue weighted by atomic mass is 10.2. The minimum absolute atomic E-state index is 1.79. The van der Waals surface area contributed by atoms with Gasteiger partial charge in [0.25, 0.3) is 12.6 Å². The number of halogens is 10. The predicted octanol–water partition coefficient (Wildman–Crippen LogP) is 4.22. The first-order valence-corrected chi connectivity index (χ1v) is 6.57. The van der Waals surface area contributed by atoms with Crippen molar-refractivity contribution in [2.75, 3.05) is 0 Å². The van der Waals surface area contributed by atoms with Gasteiger partial charge in [0.05, 0.1) is 0 Å². The van der Waals surface area contributed by atoms with Gasteiger partial charge in [0.2, 0.25) is 69.7 Å². The van der Waals surface area contributed by atoms with Gasteiger partial charge in [0, 0.05) is 0 Å². The van der Waals surface area contributed by atoms with E-state index in [9.17, 15) is 43.9 Å². The SMILES string of the molecule is Fc1c(F)c(F)c(OC2OC2Oc2c(F)c(F)c(F)c(F)c2F)c(F)c1F. The average Bonchev–Trinajstić information content (AvgIpc) is 3.40. The van der Waals surface area contributed by atoms with E-state index in [1.54, 1.807) is 0 Å². The van der Waals surface area contributed by atoms with Crippen LogP contribution in [0, 0.1) is 58.2 Å². The Kier molecular flexibility index (Phi) is 4.57. The lowest BCUT2D eigenvalue weighted by Crippen LogP contribution is -2.15. The van der Waals surface area contributed by atoms with Crippen molar-refractivity contribution in [1.29, 1.82) is 0 Å². The molecule has 1 heterocycles. The normalized spacial score (nSPS) is 18.6. The molecule has 2 unspecified atom stereocenters. The summed E-state index contributed by atoms with van der Waals surface area (Å²) in [5.41, 5.74) is 0. The van der Waals surface area contributed by atoms with Crippen molar-refractivity contribution in [2.45, 2.75) is 12.6 Å². The first kappa shape index (κ1) is 19.1.